The first-order valence-electron chi connectivity index (χ1n) is 6.40. The second-order valence-electron chi connectivity index (χ2n) is 5.32. The first-order chi connectivity index (χ1) is 8.49. The summed E-state index contributed by atoms with van der Waals surface area (Å²) in [4.78, 5) is 12.2. The Bertz CT molecular complexity index is 445. The van der Waals surface area contributed by atoms with Crippen LogP contribution in [0.4, 0.5) is 5.69 Å². The molecule has 0 bridgehead atoms. The number of anilines is 1. The molecule has 1 atom stereocenters. The highest BCUT2D eigenvalue weighted by molar-refractivity contribution is 5.94. The number of nitrogens with zero attached hydrogens (tertiary/aromatic N) is 1. The Kier molecular flexibility index (Phi) is 3.34. The summed E-state index contributed by atoms with van der Waals surface area (Å²) in [7, 11) is 0. The van der Waals surface area contributed by atoms with Crippen molar-refractivity contribution in [2.45, 2.75) is 44.7 Å². The van der Waals surface area contributed by atoms with E-state index in [1.807, 2.05) is 24.6 Å². The molecule has 0 aromatic carbocycles. The van der Waals surface area contributed by atoms with E-state index in [4.69, 9.17) is 5.73 Å². The van der Waals surface area contributed by atoms with Gasteiger partial charge in [0.1, 0.15) is 5.69 Å². The maximum atomic E-state index is 12.2. The van der Waals surface area contributed by atoms with Crippen molar-refractivity contribution in [3.63, 3.8) is 0 Å². The number of amides is 1. The van der Waals surface area contributed by atoms with Crippen LogP contribution in [-0.4, -0.2) is 27.7 Å². The van der Waals surface area contributed by atoms with Crippen molar-refractivity contribution in [1.82, 2.24) is 9.88 Å². The summed E-state index contributed by atoms with van der Waals surface area (Å²) < 4.78 is 1.94. The molecule has 0 radical (unpaired) electrons. The highest BCUT2D eigenvalue weighted by Gasteiger charge is 2.30. The molecule has 2 rings (SSSR count). The normalized spacial score (nSPS) is 18.4. The van der Waals surface area contributed by atoms with Crippen LogP contribution < -0.4 is 11.1 Å². The Morgan fingerprint density at radius 1 is 1.67 bits per heavy atom. The average Bonchev–Trinajstić information content (AvgIpc) is 3.12. The number of aliphatic hydroxyl groups is 1. The van der Waals surface area contributed by atoms with E-state index in [0.29, 0.717) is 23.8 Å². The number of rotatable bonds is 5. The first kappa shape index (κ1) is 13.0. The van der Waals surface area contributed by atoms with Crippen molar-refractivity contribution in [2.24, 2.45) is 0 Å². The van der Waals surface area contributed by atoms with Crippen molar-refractivity contribution < 1.29 is 9.90 Å². The highest BCUT2D eigenvalue weighted by atomic mass is 16.3. The molecule has 1 aliphatic rings. The van der Waals surface area contributed by atoms with Crippen molar-refractivity contribution in [2.75, 3.05) is 12.3 Å². The first-order valence-corrected chi connectivity index (χ1v) is 6.40. The molecule has 1 fully saturated rings. The van der Waals surface area contributed by atoms with Crippen LogP contribution in [0.25, 0.3) is 0 Å². The molecule has 1 aromatic rings. The average molecular weight is 251 g/mol. The summed E-state index contributed by atoms with van der Waals surface area (Å²) in [5.41, 5.74) is 6.37. The van der Waals surface area contributed by atoms with Gasteiger partial charge in [-0.3, -0.25) is 4.79 Å². The van der Waals surface area contributed by atoms with E-state index in [1.54, 1.807) is 6.07 Å². The molecule has 1 saturated carbocycles. The Balaban J connectivity index is 2.18. The molecule has 18 heavy (non-hydrogen) atoms. The van der Waals surface area contributed by atoms with Crippen LogP contribution in [0, 0.1) is 0 Å². The standard InChI is InChI=1S/C13H21N3O2/c1-3-13(2,8-17)15-12(18)11-6-9(14)7-16(11)10-4-5-10/h6-7,10,17H,3-5,8,14H2,1-2H3,(H,15,18). The summed E-state index contributed by atoms with van der Waals surface area (Å²) in [6.45, 7) is 3.69. The fourth-order valence-electron chi connectivity index (χ4n) is 1.92. The smallest absolute Gasteiger partial charge is 0.268 e. The minimum Gasteiger partial charge on any atom is -0.397 e. The zero-order valence-corrected chi connectivity index (χ0v) is 10.9. The number of carbonyl (C=O) groups is 1. The molecule has 0 aliphatic heterocycles. The lowest BCUT2D eigenvalue weighted by molar-refractivity contribution is 0.0838. The fourth-order valence-corrected chi connectivity index (χ4v) is 1.92. The van der Waals surface area contributed by atoms with Gasteiger partial charge >= 0.3 is 0 Å². The van der Waals surface area contributed by atoms with Crippen LogP contribution in [0.1, 0.15) is 49.6 Å². The Morgan fingerprint density at radius 2 is 2.33 bits per heavy atom. The molecule has 1 amide bonds. The van der Waals surface area contributed by atoms with E-state index < -0.39 is 5.54 Å². The molecular formula is C13H21N3O2. The SMILES string of the molecule is CCC(C)(CO)NC(=O)c1cc(N)cn1C1CC1. The van der Waals surface area contributed by atoms with Gasteiger partial charge in [-0.1, -0.05) is 6.92 Å². The minimum absolute atomic E-state index is 0.0745. The third-order valence-corrected chi connectivity index (χ3v) is 3.59. The van der Waals surface area contributed by atoms with Gasteiger partial charge in [-0.15, -0.1) is 0 Å². The number of hydrogen-bond donors (Lipinski definition) is 3. The van der Waals surface area contributed by atoms with Crippen LogP contribution in [0.5, 0.6) is 0 Å². The molecule has 0 spiro atoms. The number of nitrogens with one attached hydrogen (secondary N) is 1. The fraction of sp³-hybridized carbons (Fsp3) is 0.615. The molecular weight excluding hydrogens is 230 g/mol. The minimum atomic E-state index is -0.579. The Hall–Kier alpha value is -1.49. The Morgan fingerprint density at radius 3 is 2.83 bits per heavy atom. The monoisotopic (exact) mass is 251 g/mol. The van der Waals surface area contributed by atoms with Gasteiger partial charge in [0.2, 0.25) is 0 Å². The Labute approximate surface area is 107 Å². The maximum absolute atomic E-state index is 12.2. The zero-order chi connectivity index (χ0) is 13.3. The largest absolute Gasteiger partial charge is 0.397 e. The number of nitrogens with two attached hydrogens (primary N) is 1. The lowest BCUT2D eigenvalue weighted by atomic mass is 10.00. The molecule has 1 heterocycles. The molecule has 1 aromatic heterocycles. The summed E-state index contributed by atoms with van der Waals surface area (Å²) in [5, 5.41) is 12.2. The van der Waals surface area contributed by atoms with Gasteiger partial charge in [0.05, 0.1) is 17.8 Å². The molecule has 1 aliphatic carbocycles. The van der Waals surface area contributed by atoms with Crippen LogP contribution in [0.2, 0.25) is 0 Å². The predicted molar refractivity (Wildman–Crippen MR) is 70.4 cm³/mol. The van der Waals surface area contributed by atoms with Crippen LogP contribution in [0.3, 0.4) is 0 Å². The van der Waals surface area contributed by atoms with Crippen LogP contribution in [-0.2, 0) is 0 Å². The van der Waals surface area contributed by atoms with Gasteiger partial charge in [-0.25, -0.2) is 0 Å². The second kappa shape index (κ2) is 4.65. The van der Waals surface area contributed by atoms with Gasteiger partial charge in [0, 0.05) is 12.2 Å². The van der Waals surface area contributed by atoms with E-state index in [1.165, 1.54) is 0 Å². The molecule has 4 N–H and O–H groups in total. The number of nitrogen functional groups attached to an aromatic ring is 1. The van der Waals surface area contributed by atoms with E-state index >= 15 is 0 Å². The van der Waals surface area contributed by atoms with Gasteiger partial charge in [-0.05, 0) is 32.3 Å². The highest BCUT2D eigenvalue weighted by Crippen LogP contribution is 2.37. The van der Waals surface area contributed by atoms with E-state index in [2.05, 4.69) is 5.32 Å². The van der Waals surface area contributed by atoms with Gasteiger partial charge in [0.25, 0.3) is 5.91 Å². The number of aromatic nitrogens is 1. The summed E-state index contributed by atoms with van der Waals surface area (Å²) in [5.74, 6) is -0.169. The van der Waals surface area contributed by atoms with E-state index in [0.717, 1.165) is 12.8 Å². The van der Waals surface area contributed by atoms with Crippen molar-refractivity contribution in [3.05, 3.63) is 18.0 Å². The number of hydrogen-bond acceptors (Lipinski definition) is 3. The number of aliphatic hydroxyl groups excluding tert-OH is 1. The summed E-state index contributed by atoms with van der Waals surface area (Å²) in [6.07, 6.45) is 4.68. The molecule has 0 saturated heterocycles. The lowest BCUT2D eigenvalue weighted by Crippen LogP contribution is -2.48. The second-order valence-corrected chi connectivity index (χ2v) is 5.32. The van der Waals surface area contributed by atoms with E-state index in [-0.39, 0.29) is 12.5 Å². The molecule has 1 unspecified atom stereocenters. The van der Waals surface area contributed by atoms with Crippen molar-refractivity contribution in [1.29, 1.82) is 0 Å². The van der Waals surface area contributed by atoms with Gasteiger partial charge in [0.15, 0.2) is 0 Å². The quantitative estimate of drug-likeness (QED) is 0.737. The van der Waals surface area contributed by atoms with Crippen molar-refractivity contribution in [3.8, 4) is 0 Å². The molecule has 100 valence electrons. The van der Waals surface area contributed by atoms with Gasteiger partial charge in [-0.2, -0.15) is 0 Å². The van der Waals surface area contributed by atoms with Crippen LogP contribution in [0.15, 0.2) is 12.3 Å². The van der Waals surface area contributed by atoms with E-state index in [9.17, 15) is 9.90 Å². The topological polar surface area (TPSA) is 80.3 Å². The molecule has 5 nitrogen and oxygen atoms in total. The summed E-state index contributed by atoms with van der Waals surface area (Å²) >= 11 is 0. The maximum Gasteiger partial charge on any atom is 0.268 e. The number of carbonyl (C=O) groups excluding carboxylic acids is 1. The third kappa shape index (κ3) is 2.51. The lowest BCUT2D eigenvalue weighted by Gasteiger charge is -2.27. The predicted octanol–water partition coefficient (Wildman–Crippen LogP) is 1.30. The summed E-state index contributed by atoms with van der Waals surface area (Å²) in [6, 6.07) is 2.10. The zero-order valence-electron chi connectivity index (χ0n) is 10.9. The third-order valence-electron chi connectivity index (χ3n) is 3.59. The van der Waals surface area contributed by atoms with Crippen LogP contribution >= 0.6 is 0 Å². The molecule has 5 heteroatoms. The van der Waals surface area contributed by atoms with Crippen molar-refractivity contribution >= 4 is 11.6 Å². The van der Waals surface area contributed by atoms with Gasteiger partial charge < -0.3 is 20.7 Å².